The summed E-state index contributed by atoms with van der Waals surface area (Å²) < 4.78 is 24.9. The van der Waals surface area contributed by atoms with E-state index < -0.39 is 9.84 Å². The van der Waals surface area contributed by atoms with E-state index in [1.807, 2.05) is 0 Å². The maximum Gasteiger partial charge on any atom is 0.224 e. The molecule has 8 heteroatoms. The Labute approximate surface area is 123 Å². The Balaban J connectivity index is 1.94. The van der Waals surface area contributed by atoms with E-state index in [9.17, 15) is 13.2 Å². The zero-order valence-corrected chi connectivity index (χ0v) is 12.9. The van der Waals surface area contributed by atoms with E-state index in [0.29, 0.717) is 31.0 Å². The van der Waals surface area contributed by atoms with Crippen molar-refractivity contribution in [1.29, 1.82) is 0 Å². The molecule has 1 atom stereocenters. The zero-order valence-electron chi connectivity index (χ0n) is 11.3. The van der Waals surface area contributed by atoms with Crippen LogP contribution in [0.2, 0.25) is 5.02 Å². The molecule has 0 N–H and O–H groups in total. The van der Waals surface area contributed by atoms with Gasteiger partial charge in [0.1, 0.15) is 0 Å². The van der Waals surface area contributed by atoms with E-state index in [2.05, 4.69) is 5.10 Å². The highest BCUT2D eigenvalue weighted by Crippen LogP contribution is 2.13. The first-order valence-electron chi connectivity index (χ1n) is 6.55. The fraction of sp³-hybridized carbons (Fsp3) is 0.667. The maximum absolute atomic E-state index is 12.2. The fourth-order valence-electron chi connectivity index (χ4n) is 2.40. The number of hydrogen-bond donors (Lipinski definition) is 0. The molecule has 0 aromatic carbocycles. The molecule has 0 spiro atoms. The number of rotatable bonds is 3. The van der Waals surface area contributed by atoms with Gasteiger partial charge < -0.3 is 4.90 Å². The average molecular weight is 320 g/mol. The zero-order chi connectivity index (χ0) is 14.8. The van der Waals surface area contributed by atoms with E-state index in [0.717, 1.165) is 0 Å². The van der Waals surface area contributed by atoms with Crippen molar-refractivity contribution in [3.05, 3.63) is 17.4 Å². The molecule has 1 fully saturated rings. The van der Waals surface area contributed by atoms with Gasteiger partial charge in [0.15, 0.2) is 9.84 Å². The molecule has 1 unspecified atom stereocenters. The summed E-state index contributed by atoms with van der Waals surface area (Å²) in [6.45, 7) is 2.73. The van der Waals surface area contributed by atoms with E-state index in [1.165, 1.54) is 6.20 Å². The molecular formula is C12H18ClN3O3S. The number of aryl methyl sites for hydroxylation is 1. The Morgan fingerprint density at radius 3 is 2.95 bits per heavy atom. The number of nitrogens with zero attached hydrogens (tertiary/aromatic N) is 3. The van der Waals surface area contributed by atoms with E-state index in [4.69, 9.17) is 11.6 Å². The van der Waals surface area contributed by atoms with Crippen LogP contribution in [-0.2, 0) is 21.2 Å². The molecule has 1 aromatic heterocycles. The lowest BCUT2D eigenvalue weighted by atomic mass is 10.2. The average Bonchev–Trinajstić information content (AvgIpc) is 2.70. The molecule has 1 aliphatic heterocycles. The second kappa shape index (κ2) is 6.13. The minimum absolute atomic E-state index is 0.0405. The third-order valence-electron chi connectivity index (χ3n) is 3.36. The number of amides is 1. The second-order valence-electron chi connectivity index (χ2n) is 5.08. The lowest BCUT2D eigenvalue weighted by Gasteiger charge is -2.26. The molecule has 2 rings (SSSR count). The molecule has 0 aliphatic carbocycles. The Hall–Kier alpha value is -1.08. The number of aromatic nitrogens is 2. The van der Waals surface area contributed by atoms with Crippen LogP contribution in [0.5, 0.6) is 0 Å². The van der Waals surface area contributed by atoms with Crippen LogP contribution in [0.4, 0.5) is 0 Å². The highest BCUT2D eigenvalue weighted by atomic mass is 35.5. The van der Waals surface area contributed by atoms with Crippen molar-refractivity contribution in [3.63, 3.8) is 0 Å². The molecule has 2 heterocycles. The summed E-state index contributed by atoms with van der Waals surface area (Å²) in [6.07, 6.45) is 3.98. The normalized spacial score (nSPS) is 22.5. The van der Waals surface area contributed by atoms with Crippen LogP contribution < -0.4 is 0 Å². The van der Waals surface area contributed by atoms with Gasteiger partial charge in [-0.2, -0.15) is 5.10 Å². The Morgan fingerprint density at radius 2 is 2.30 bits per heavy atom. The number of carbonyl (C=O) groups is 1. The van der Waals surface area contributed by atoms with Gasteiger partial charge in [0.25, 0.3) is 0 Å². The third-order valence-corrected chi connectivity index (χ3v) is 5.45. The topological polar surface area (TPSA) is 72.3 Å². The fourth-order valence-corrected chi connectivity index (χ4v) is 4.21. The SMILES string of the molecule is CC1CS(=O)(=O)CCCN1C(=O)CCn1cc(Cl)cn1. The van der Waals surface area contributed by atoms with Crippen molar-refractivity contribution in [2.45, 2.75) is 32.4 Å². The van der Waals surface area contributed by atoms with Crippen molar-refractivity contribution in [3.8, 4) is 0 Å². The van der Waals surface area contributed by atoms with Crippen molar-refractivity contribution < 1.29 is 13.2 Å². The lowest BCUT2D eigenvalue weighted by molar-refractivity contribution is -0.133. The predicted octanol–water partition coefficient (Wildman–Crippen LogP) is 0.962. The number of sulfone groups is 1. The van der Waals surface area contributed by atoms with Crippen LogP contribution in [0.3, 0.4) is 0 Å². The molecule has 112 valence electrons. The molecule has 6 nitrogen and oxygen atoms in total. The van der Waals surface area contributed by atoms with Crippen LogP contribution >= 0.6 is 11.6 Å². The number of carbonyl (C=O) groups excluding carboxylic acids is 1. The second-order valence-corrected chi connectivity index (χ2v) is 7.74. The van der Waals surface area contributed by atoms with Gasteiger partial charge in [-0.1, -0.05) is 11.6 Å². The first-order chi connectivity index (χ1) is 9.37. The molecule has 1 aromatic rings. The standard InChI is InChI=1S/C12H18ClN3O3S/c1-10-9-20(18,19)6-2-4-16(10)12(17)3-5-15-8-11(13)7-14-15/h7-8,10H,2-6,9H2,1H3. The molecule has 0 saturated carbocycles. The summed E-state index contributed by atoms with van der Waals surface area (Å²) in [6, 6.07) is -0.267. The smallest absolute Gasteiger partial charge is 0.224 e. The molecule has 20 heavy (non-hydrogen) atoms. The minimum Gasteiger partial charge on any atom is -0.339 e. The van der Waals surface area contributed by atoms with Crippen LogP contribution in [-0.4, -0.2) is 53.1 Å². The molecule has 1 amide bonds. The monoisotopic (exact) mass is 319 g/mol. The maximum atomic E-state index is 12.2. The summed E-state index contributed by atoms with van der Waals surface area (Å²) in [7, 11) is -3.03. The number of hydrogen-bond acceptors (Lipinski definition) is 4. The molecule has 1 saturated heterocycles. The van der Waals surface area contributed by atoms with Crippen molar-refractivity contribution in [2.75, 3.05) is 18.1 Å². The lowest BCUT2D eigenvalue weighted by Crippen LogP contribution is -2.41. The van der Waals surface area contributed by atoms with Gasteiger partial charge in [-0.3, -0.25) is 9.48 Å². The molecule has 0 radical (unpaired) electrons. The molecular weight excluding hydrogens is 302 g/mol. The summed E-state index contributed by atoms with van der Waals surface area (Å²) in [4.78, 5) is 13.9. The van der Waals surface area contributed by atoms with Crippen molar-refractivity contribution in [2.24, 2.45) is 0 Å². The highest BCUT2D eigenvalue weighted by molar-refractivity contribution is 7.91. The summed E-state index contributed by atoms with van der Waals surface area (Å²) in [5.74, 6) is 0.170. The van der Waals surface area contributed by atoms with Crippen LogP contribution in [0.25, 0.3) is 0 Å². The van der Waals surface area contributed by atoms with Gasteiger partial charge in [-0.25, -0.2) is 8.42 Å². The van der Waals surface area contributed by atoms with Crippen molar-refractivity contribution in [1.82, 2.24) is 14.7 Å². The van der Waals surface area contributed by atoms with Gasteiger partial charge in [0, 0.05) is 31.7 Å². The van der Waals surface area contributed by atoms with Crippen molar-refractivity contribution >= 4 is 27.3 Å². The summed E-state index contributed by atoms with van der Waals surface area (Å²) >= 11 is 5.76. The summed E-state index contributed by atoms with van der Waals surface area (Å²) in [5, 5.41) is 4.55. The Kier molecular flexibility index (Phi) is 4.70. The van der Waals surface area contributed by atoms with Gasteiger partial charge >= 0.3 is 0 Å². The predicted molar refractivity (Wildman–Crippen MR) is 76.3 cm³/mol. The summed E-state index contributed by atoms with van der Waals surface area (Å²) in [5.41, 5.74) is 0. The van der Waals surface area contributed by atoms with Crippen LogP contribution in [0.1, 0.15) is 19.8 Å². The Morgan fingerprint density at radius 1 is 1.55 bits per heavy atom. The van der Waals surface area contributed by atoms with Crippen LogP contribution in [0.15, 0.2) is 12.4 Å². The highest BCUT2D eigenvalue weighted by Gasteiger charge is 2.28. The quantitative estimate of drug-likeness (QED) is 0.832. The molecule has 1 aliphatic rings. The van der Waals surface area contributed by atoms with E-state index in [1.54, 1.807) is 22.7 Å². The van der Waals surface area contributed by atoms with Gasteiger partial charge in [0.2, 0.25) is 5.91 Å². The van der Waals surface area contributed by atoms with E-state index >= 15 is 0 Å². The molecule has 0 bridgehead atoms. The van der Waals surface area contributed by atoms with Gasteiger partial charge in [-0.15, -0.1) is 0 Å². The first kappa shape index (κ1) is 15.3. The third kappa shape index (κ3) is 3.96. The first-order valence-corrected chi connectivity index (χ1v) is 8.75. The van der Waals surface area contributed by atoms with Gasteiger partial charge in [-0.05, 0) is 13.3 Å². The number of halogens is 1. The van der Waals surface area contributed by atoms with E-state index in [-0.39, 0.29) is 23.5 Å². The largest absolute Gasteiger partial charge is 0.339 e. The minimum atomic E-state index is -3.03. The Bertz CT molecular complexity index is 585. The van der Waals surface area contributed by atoms with Crippen LogP contribution in [0, 0.1) is 0 Å². The van der Waals surface area contributed by atoms with Gasteiger partial charge in [0.05, 0.1) is 22.7 Å².